The maximum atomic E-state index is 13.0. The molecule has 0 amide bonds. The first-order valence-corrected chi connectivity index (χ1v) is 8.82. The van der Waals surface area contributed by atoms with Crippen LogP contribution in [0.15, 0.2) is 46.5 Å². The number of rotatable bonds is 3. The molecule has 3 aromatic heterocycles. The molecule has 0 atom stereocenters. The Balaban J connectivity index is 1.99. The summed E-state index contributed by atoms with van der Waals surface area (Å²) in [5, 5.41) is 5.56. The topological polar surface area (TPSA) is 74.3 Å². The van der Waals surface area contributed by atoms with Crippen LogP contribution in [0.5, 0.6) is 5.75 Å². The van der Waals surface area contributed by atoms with Gasteiger partial charge in [-0.2, -0.15) is 9.50 Å². The summed E-state index contributed by atoms with van der Waals surface area (Å²) in [7, 11) is 1.61. The van der Waals surface area contributed by atoms with Crippen molar-refractivity contribution < 1.29 is 4.74 Å². The van der Waals surface area contributed by atoms with Gasteiger partial charge in [-0.1, -0.05) is 11.8 Å². The minimum absolute atomic E-state index is 0.143. The third-order valence-electron chi connectivity index (χ3n) is 4.03. The van der Waals surface area contributed by atoms with Crippen molar-refractivity contribution in [1.82, 2.24) is 24.1 Å². The van der Waals surface area contributed by atoms with E-state index in [1.807, 2.05) is 43.5 Å². The number of nitrogens with zero attached hydrogens (tertiary/aromatic N) is 5. The van der Waals surface area contributed by atoms with Crippen LogP contribution in [-0.4, -0.2) is 37.5 Å². The molecule has 0 aliphatic heterocycles. The Kier molecular flexibility index (Phi) is 3.69. The number of hydrogen-bond donors (Lipinski definition) is 0. The molecule has 126 valence electrons. The molecular formula is C17H15N5O2S. The Morgan fingerprint density at radius 3 is 2.56 bits per heavy atom. The van der Waals surface area contributed by atoms with Crippen LogP contribution in [0.2, 0.25) is 0 Å². The van der Waals surface area contributed by atoms with E-state index in [4.69, 9.17) is 4.74 Å². The van der Waals surface area contributed by atoms with Gasteiger partial charge in [0.15, 0.2) is 0 Å². The number of hydrogen-bond acceptors (Lipinski definition) is 6. The molecular weight excluding hydrogens is 338 g/mol. The fourth-order valence-electron chi connectivity index (χ4n) is 2.80. The number of aromatic nitrogens is 5. The van der Waals surface area contributed by atoms with Crippen LogP contribution < -0.4 is 10.3 Å². The van der Waals surface area contributed by atoms with E-state index >= 15 is 0 Å². The van der Waals surface area contributed by atoms with Gasteiger partial charge in [0, 0.05) is 11.9 Å². The average molecular weight is 353 g/mol. The lowest BCUT2D eigenvalue weighted by atomic mass is 10.2. The van der Waals surface area contributed by atoms with E-state index in [-0.39, 0.29) is 5.56 Å². The monoisotopic (exact) mass is 353 g/mol. The van der Waals surface area contributed by atoms with Crippen molar-refractivity contribution in [2.45, 2.75) is 12.1 Å². The van der Waals surface area contributed by atoms with Gasteiger partial charge in [-0.05, 0) is 43.5 Å². The van der Waals surface area contributed by atoms with Gasteiger partial charge < -0.3 is 4.74 Å². The van der Waals surface area contributed by atoms with E-state index in [1.54, 1.807) is 22.4 Å². The fourth-order valence-corrected chi connectivity index (χ4v) is 3.14. The number of methoxy groups -OCH3 is 1. The largest absolute Gasteiger partial charge is 0.497 e. The molecule has 0 N–H and O–H groups in total. The highest BCUT2D eigenvalue weighted by molar-refractivity contribution is 7.98. The first-order chi connectivity index (χ1) is 12.1. The molecule has 0 bridgehead atoms. The molecule has 4 aromatic rings. The average Bonchev–Trinajstić information content (AvgIpc) is 3.05. The molecule has 1 aromatic carbocycles. The number of fused-ring (bicyclic) bond motifs is 3. The molecule has 3 heterocycles. The summed E-state index contributed by atoms with van der Waals surface area (Å²) in [4.78, 5) is 21.8. The molecule has 8 heteroatoms. The van der Waals surface area contributed by atoms with Crippen molar-refractivity contribution in [1.29, 1.82) is 0 Å². The van der Waals surface area contributed by atoms with Gasteiger partial charge in [0.1, 0.15) is 5.75 Å². The van der Waals surface area contributed by atoms with Gasteiger partial charge in [-0.25, -0.2) is 4.98 Å². The van der Waals surface area contributed by atoms with Crippen molar-refractivity contribution in [2.24, 2.45) is 0 Å². The van der Waals surface area contributed by atoms with E-state index in [1.165, 1.54) is 11.8 Å². The van der Waals surface area contributed by atoms with E-state index in [0.717, 1.165) is 11.4 Å². The fraction of sp³-hybridized carbons (Fsp3) is 0.176. The zero-order chi connectivity index (χ0) is 17.6. The summed E-state index contributed by atoms with van der Waals surface area (Å²) >= 11 is 1.44. The van der Waals surface area contributed by atoms with E-state index in [9.17, 15) is 4.79 Å². The minimum atomic E-state index is -0.143. The molecule has 0 saturated heterocycles. The molecule has 0 fully saturated rings. The second-order valence-corrected chi connectivity index (χ2v) is 6.23. The standard InChI is InChI=1S/C17H15N5O2S/c1-10-14-13(22-16(18-10)19-17(20-22)25-3)8-9-21(15(14)23)11-4-6-12(24-2)7-5-11/h4-9H,1-3H3. The summed E-state index contributed by atoms with van der Waals surface area (Å²) in [6, 6.07) is 9.19. The summed E-state index contributed by atoms with van der Waals surface area (Å²) in [5.41, 5.74) is 1.95. The van der Waals surface area contributed by atoms with Crippen molar-refractivity contribution in [3.63, 3.8) is 0 Å². The summed E-state index contributed by atoms with van der Waals surface area (Å²) in [5.74, 6) is 1.24. The van der Waals surface area contributed by atoms with Gasteiger partial charge >= 0.3 is 0 Å². The highest BCUT2D eigenvalue weighted by Gasteiger charge is 2.14. The lowest BCUT2D eigenvalue weighted by Crippen LogP contribution is -2.20. The van der Waals surface area contributed by atoms with Crippen LogP contribution in [0, 0.1) is 6.92 Å². The SMILES string of the molecule is COc1ccc(-n2ccc3c(c(C)nc4nc(SC)nn43)c2=O)cc1. The van der Waals surface area contributed by atoms with Gasteiger partial charge in [0.2, 0.25) is 5.16 Å². The zero-order valence-corrected chi connectivity index (χ0v) is 14.7. The van der Waals surface area contributed by atoms with Gasteiger partial charge in [-0.15, -0.1) is 5.10 Å². The van der Waals surface area contributed by atoms with Crippen LogP contribution in [0.4, 0.5) is 0 Å². The quantitative estimate of drug-likeness (QED) is 0.527. The smallest absolute Gasteiger partial charge is 0.266 e. The van der Waals surface area contributed by atoms with Gasteiger partial charge in [0.05, 0.1) is 23.7 Å². The Hall–Kier alpha value is -2.87. The molecule has 25 heavy (non-hydrogen) atoms. The van der Waals surface area contributed by atoms with E-state index < -0.39 is 0 Å². The number of thioether (sulfide) groups is 1. The third kappa shape index (κ3) is 2.45. The number of benzene rings is 1. The molecule has 0 aliphatic carbocycles. The Morgan fingerprint density at radius 2 is 1.88 bits per heavy atom. The zero-order valence-electron chi connectivity index (χ0n) is 13.9. The number of aryl methyl sites for hydroxylation is 1. The van der Waals surface area contributed by atoms with Gasteiger partial charge in [0.25, 0.3) is 11.3 Å². The van der Waals surface area contributed by atoms with Crippen LogP contribution >= 0.6 is 11.8 Å². The van der Waals surface area contributed by atoms with Crippen molar-refractivity contribution in [3.05, 3.63) is 52.6 Å². The van der Waals surface area contributed by atoms with E-state index in [0.29, 0.717) is 27.5 Å². The van der Waals surface area contributed by atoms with Crippen LogP contribution in [0.1, 0.15) is 5.69 Å². The molecule has 7 nitrogen and oxygen atoms in total. The second kappa shape index (κ2) is 5.89. The predicted octanol–water partition coefficient (Wildman–Crippen LogP) is 2.47. The number of ether oxygens (including phenoxy) is 1. The molecule has 0 aliphatic rings. The summed E-state index contributed by atoms with van der Waals surface area (Å²) in [6.45, 7) is 1.82. The highest BCUT2D eigenvalue weighted by Crippen LogP contribution is 2.19. The molecule has 0 spiro atoms. The van der Waals surface area contributed by atoms with E-state index in [2.05, 4.69) is 15.1 Å². The summed E-state index contributed by atoms with van der Waals surface area (Å²) < 4.78 is 8.38. The molecule has 0 saturated carbocycles. The molecule has 0 radical (unpaired) electrons. The lowest BCUT2D eigenvalue weighted by molar-refractivity contribution is 0.414. The van der Waals surface area contributed by atoms with Crippen LogP contribution in [0.3, 0.4) is 0 Å². The second-order valence-electron chi connectivity index (χ2n) is 5.46. The minimum Gasteiger partial charge on any atom is -0.497 e. The first-order valence-electron chi connectivity index (χ1n) is 7.59. The summed E-state index contributed by atoms with van der Waals surface area (Å²) in [6.07, 6.45) is 3.65. The normalized spacial score (nSPS) is 11.3. The molecule has 4 rings (SSSR count). The maximum absolute atomic E-state index is 13.0. The first kappa shape index (κ1) is 15.6. The van der Waals surface area contributed by atoms with Gasteiger partial charge in [-0.3, -0.25) is 9.36 Å². The van der Waals surface area contributed by atoms with Crippen molar-refractivity contribution >= 4 is 28.4 Å². The predicted molar refractivity (Wildman–Crippen MR) is 97.0 cm³/mol. The molecule has 0 unspecified atom stereocenters. The number of pyridine rings is 1. The highest BCUT2D eigenvalue weighted by atomic mass is 32.2. The van der Waals surface area contributed by atoms with Crippen LogP contribution in [0.25, 0.3) is 22.4 Å². The van der Waals surface area contributed by atoms with Crippen molar-refractivity contribution in [3.8, 4) is 11.4 Å². The Bertz CT molecular complexity index is 1150. The van der Waals surface area contributed by atoms with Crippen LogP contribution in [-0.2, 0) is 0 Å². The third-order valence-corrected chi connectivity index (χ3v) is 4.57. The maximum Gasteiger partial charge on any atom is 0.266 e. The Labute approximate surface area is 147 Å². The van der Waals surface area contributed by atoms with Crippen molar-refractivity contribution in [2.75, 3.05) is 13.4 Å². The Morgan fingerprint density at radius 1 is 1.12 bits per heavy atom. The lowest BCUT2D eigenvalue weighted by Gasteiger charge is -2.09.